The standard InChI is InChI=1S/C32H30B8N2O2/c33-23-20-22(30(44)27(37)26(36)24(20)34)25(35)29(43)21(23)19-13-7-1-3-9-15(13)28(16-10-4-2-8-14(16)19)42-18-12-6-5-11-17(18)41-31(42)32(38,39)40/h1-12,43-44H,33-40H2. The summed E-state index contributed by atoms with van der Waals surface area (Å²) in [5.74, 6) is 1.45. The van der Waals surface area contributed by atoms with Gasteiger partial charge >= 0.3 is 0 Å². The molecule has 7 rings (SSSR count). The topological polar surface area (TPSA) is 58.3 Å². The minimum atomic E-state index is -0.209. The highest BCUT2D eigenvalue weighted by Crippen LogP contribution is 2.44. The van der Waals surface area contributed by atoms with Gasteiger partial charge in [-0.25, -0.2) is 4.98 Å². The molecule has 0 amide bonds. The summed E-state index contributed by atoms with van der Waals surface area (Å²) >= 11 is 0. The maximum absolute atomic E-state index is 12.0. The van der Waals surface area contributed by atoms with E-state index >= 15 is 0 Å². The third-order valence-electron chi connectivity index (χ3n) is 9.67. The van der Waals surface area contributed by atoms with E-state index in [1.807, 2.05) is 21.8 Å². The zero-order chi connectivity index (χ0) is 31.2. The van der Waals surface area contributed by atoms with Crippen LogP contribution in [0.3, 0.4) is 0 Å². The van der Waals surface area contributed by atoms with Gasteiger partial charge in [-0.05, 0) is 33.8 Å². The SMILES string of the molecule is Bc1c(B)c(O)c2c(B)c(O)c(-c3c4ccccc4c(-n4c(C(B)(B)B)nc5ccccc54)c4ccccc34)c(B)c2c1B. The van der Waals surface area contributed by atoms with Gasteiger partial charge in [0.05, 0.1) is 46.1 Å². The van der Waals surface area contributed by atoms with E-state index in [-0.39, 0.29) is 16.6 Å². The summed E-state index contributed by atoms with van der Waals surface area (Å²) in [7, 11) is 16.8. The van der Waals surface area contributed by atoms with Crippen molar-refractivity contribution in [3.8, 4) is 28.3 Å². The molecule has 12 heteroatoms. The number of nitrogens with zero attached hydrogens (tertiary/aromatic N) is 2. The fraction of sp³-hybridized carbons (Fsp3) is 0.0312. The molecule has 0 aliphatic carbocycles. The zero-order valence-electron chi connectivity index (χ0n) is 26.7. The average molecular weight is 561 g/mol. The van der Waals surface area contributed by atoms with Crippen molar-refractivity contribution < 1.29 is 10.2 Å². The van der Waals surface area contributed by atoms with Gasteiger partial charge in [0.25, 0.3) is 0 Å². The van der Waals surface area contributed by atoms with Crippen molar-refractivity contribution in [1.29, 1.82) is 0 Å². The lowest BCUT2D eigenvalue weighted by Gasteiger charge is -2.26. The van der Waals surface area contributed by atoms with Crippen LogP contribution in [0.1, 0.15) is 5.82 Å². The molecule has 0 aliphatic rings. The van der Waals surface area contributed by atoms with E-state index < -0.39 is 0 Å². The minimum Gasteiger partial charge on any atom is -0.508 e. The van der Waals surface area contributed by atoms with Crippen LogP contribution in [0.25, 0.3) is 60.2 Å². The molecule has 0 unspecified atom stereocenters. The maximum atomic E-state index is 12.0. The van der Waals surface area contributed by atoms with Crippen LogP contribution in [0, 0.1) is 0 Å². The number of benzene rings is 6. The van der Waals surface area contributed by atoms with Gasteiger partial charge < -0.3 is 10.2 Å². The summed E-state index contributed by atoms with van der Waals surface area (Å²) in [6, 6.07) is 25.4. The Morgan fingerprint density at radius 2 is 1.09 bits per heavy atom. The molecule has 0 fully saturated rings. The van der Waals surface area contributed by atoms with E-state index in [1.54, 1.807) is 0 Å². The molecule has 7 aromatic rings. The number of hydrogen-bond acceptors (Lipinski definition) is 3. The highest BCUT2D eigenvalue weighted by Gasteiger charge is 2.28. The fourth-order valence-electron chi connectivity index (χ4n) is 7.26. The van der Waals surface area contributed by atoms with Gasteiger partial charge in [-0.15, -0.1) is 0 Å². The Morgan fingerprint density at radius 1 is 0.545 bits per heavy atom. The van der Waals surface area contributed by atoms with Crippen LogP contribution in [0.2, 0.25) is 0 Å². The molecule has 6 aromatic carbocycles. The molecule has 0 spiro atoms. The summed E-state index contributed by atoms with van der Waals surface area (Å²) in [5.41, 5.74) is 9.64. The van der Waals surface area contributed by atoms with Crippen molar-refractivity contribution in [2.45, 2.75) is 5.11 Å². The highest BCUT2D eigenvalue weighted by molar-refractivity contribution is 6.65. The zero-order valence-corrected chi connectivity index (χ0v) is 26.7. The fourth-order valence-corrected chi connectivity index (χ4v) is 7.26. The third kappa shape index (κ3) is 3.86. The molecule has 0 aliphatic heterocycles. The summed E-state index contributed by atoms with van der Waals surface area (Å²) in [6.45, 7) is 0. The highest BCUT2D eigenvalue weighted by atomic mass is 16.3. The molecule has 0 saturated carbocycles. The lowest BCUT2D eigenvalue weighted by Crippen LogP contribution is -2.42. The first-order valence-corrected chi connectivity index (χ1v) is 15.3. The van der Waals surface area contributed by atoms with E-state index in [2.05, 4.69) is 118 Å². The van der Waals surface area contributed by atoms with E-state index in [4.69, 9.17) is 4.98 Å². The van der Waals surface area contributed by atoms with Crippen molar-refractivity contribution in [2.24, 2.45) is 0 Å². The molecule has 204 valence electrons. The molecular weight excluding hydrogens is 531 g/mol. The Balaban J connectivity index is 1.72. The number of phenolic OH excluding ortho intramolecular Hbond substituents is 2. The van der Waals surface area contributed by atoms with Gasteiger partial charge in [0.2, 0.25) is 0 Å². The molecule has 0 bridgehead atoms. The number of para-hydroxylation sites is 2. The maximum Gasteiger partial charge on any atom is 0.145 e. The van der Waals surface area contributed by atoms with Crippen molar-refractivity contribution in [3.05, 3.63) is 78.6 Å². The van der Waals surface area contributed by atoms with Crippen LogP contribution in [0.15, 0.2) is 72.8 Å². The van der Waals surface area contributed by atoms with Gasteiger partial charge in [0, 0.05) is 27.3 Å². The number of rotatable bonds is 3. The first-order chi connectivity index (χ1) is 20.9. The molecule has 1 aromatic heterocycles. The Kier molecular flexibility index (Phi) is 6.37. The summed E-state index contributed by atoms with van der Waals surface area (Å²) in [6.07, 6.45) is 0. The van der Waals surface area contributed by atoms with Gasteiger partial charge in [-0.3, -0.25) is 4.57 Å². The van der Waals surface area contributed by atoms with Gasteiger partial charge in [0.15, 0.2) is 0 Å². The summed E-state index contributed by atoms with van der Waals surface area (Å²) in [5, 5.41) is 29.2. The van der Waals surface area contributed by atoms with E-state index in [0.717, 1.165) is 87.8 Å². The van der Waals surface area contributed by atoms with Crippen molar-refractivity contribution >= 4 is 133 Å². The first kappa shape index (κ1) is 28.5. The second kappa shape index (κ2) is 9.85. The van der Waals surface area contributed by atoms with Crippen molar-refractivity contribution in [2.75, 3.05) is 0 Å². The normalized spacial score (nSPS) is 12.1. The Morgan fingerprint density at radius 3 is 1.68 bits per heavy atom. The first-order valence-electron chi connectivity index (χ1n) is 15.3. The number of hydrogen-bond donors (Lipinski definition) is 2. The number of fused-ring (bicyclic) bond motifs is 4. The van der Waals surface area contributed by atoms with Crippen LogP contribution < -0.4 is 27.3 Å². The molecule has 0 atom stereocenters. The van der Waals surface area contributed by atoms with Crippen LogP contribution in [-0.4, -0.2) is 82.5 Å². The quantitative estimate of drug-likeness (QED) is 0.171. The second-order valence-corrected chi connectivity index (χ2v) is 13.3. The van der Waals surface area contributed by atoms with Crippen molar-refractivity contribution in [3.63, 3.8) is 0 Å². The van der Waals surface area contributed by atoms with Gasteiger partial charge in [-0.2, -0.15) is 0 Å². The molecule has 44 heavy (non-hydrogen) atoms. The smallest absolute Gasteiger partial charge is 0.145 e. The van der Waals surface area contributed by atoms with E-state index in [0.29, 0.717) is 5.46 Å². The molecule has 4 nitrogen and oxygen atoms in total. The van der Waals surface area contributed by atoms with E-state index in [1.165, 1.54) is 0 Å². The number of aromatic hydroxyl groups is 2. The lowest BCUT2D eigenvalue weighted by atomic mass is 9.42. The second-order valence-electron chi connectivity index (χ2n) is 13.3. The number of aromatic nitrogens is 2. The predicted molar refractivity (Wildman–Crippen MR) is 211 cm³/mol. The van der Waals surface area contributed by atoms with Crippen molar-refractivity contribution in [1.82, 2.24) is 9.55 Å². The summed E-state index contributed by atoms with van der Waals surface area (Å²) in [4.78, 5) is 5.16. The molecule has 2 N–H and O–H groups in total. The van der Waals surface area contributed by atoms with Crippen LogP contribution in [-0.2, 0) is 5.11 Å². The Bertz CT molecular complexity index is 2310. The minimum absolute atomic E-state index is 0.208. The van der Waals surface area contributed by atoms with Crippen LogP contribution in [0.4, 0.5) is 0 Å². The molecule has 0 saturated heterocycles. The lowest BCUT2D eigenvalue weighted by molar-refractivity contribution is 0.479. The average Bonchev–Trinajstić information content (AvgIpc) is 3.40. The summed E-state index contributed by atoms with van der Waals surface area (Å²) < 4.78 is 2.34. The third-order valence-corrected chi connectivity index (χ3v) is 9.67. The largest absolute Gasteiger partial charge is 0.508 e. The van der Waals surface area contributed by atoms with Gasteiger partial charge in [0.1, 0.15) is 50.7 Å². The van der Waals surface area contributed by atoms with E-state index in [9.17, 15) is 10.2 Å². The molecule has 0 radical (unpaired) electrons. The van der Waals surface area contributed by atoms with Crippen LogP contribution in [0.5, 0.6) is 11.5 Å². The molecular formula is C32H30B8N2O2. The Labute approximate surface area is 264 Å². The number of imidazole rings is 1. The monoisotopic (exact) mass is 562 g/mol. The predicted octanol–water partition coefficient (Wildman–Crippen LogP) is -4.14. The molecule has 1 heterocycles. The Hall–Kier alpha value is -4.31. The number of phenols is 2. The van der Waals surface area contributed by atoms with Gasteiger partial charge in [-0.1, -0.05) is 87.6 Å². The van der Waals surface area contributed by atoms with Crippen LogP contribution >= 0.6 is 0 Å².